The summed E-state index contributed by atoms with van der Waals surface area (Å²) in [5.41, 5.74) is 4.43. The van der Waals surface area contributed by atoms with E-state index in [4.69, 9.17) is 5.41 Å². The molecular weight excluding hydrogens is 500 g/mol. The average molecular weight is 545 g/mol. The molecule has 0 aliphatic heterocycles. The summed E-state index contributed by atoms with van der Waals surface area (Å²) in [7, 11) is 1.85. The molecule has 40 heavy (non-hydrogen) atoms. The lowest BCUT2D eigenvalue weighted by Crippen LogP contribution is -2.17. The van der Waals surface area contributed by atoms with Crippen molar-refractivity contribution in [2.45, 2.75) is 72.1 Å². The Morgan fingerprint density at radius 1 is 1.15 bits per heavy atom. The van der Waals surface area contributed by atoms with Crippen LogP contribution in [0.25, 0.3) is 5.57 Å². The molecule has 8 nitrogen and oxygen atoms in total. The van der Waals surface area contributed by atoms with Crippen molar-refractivity contribution >= 4 is 34.5 Å². The number of nitrogens with zero attached hydrogens (tertiary/aromatic N) is 3. The van der Waals surface area contributed by atoms with Gasteiger partial charge < -0.3 is 16.0 Å². The maximum Gasteiger partial charge on any atom is 0.251 e. The average Bonchev–Trinajstić information content (AvgIpc) is 3.35. The molecule has 214 valence electrons. The number of carbonyl (C=O) groups excluding carboxylic acids is 2. The summed E-state index contributed by atoms with van der Waals surface area (Å²) in [6.07, 6.45) is 19.5. The van der Waals surface area contributed by atoms with Gasteiger partial charge in [-0.05, 0) is 69.6 Å². The maximum absolute atomic E-state index is 12.8. The van der Waals surface area contributed by atoms with Gasteiger partial charge in [0.2, 0.25) is 5.91 Å². The van der Waals surface area contributed by atoms with Crippen LogP contribution in [0.1, 0.15) is 76.5 Å². The highest BCUT2D eigenvalue weighted by molar-refractivity contribution is 6.04. The molecule has 0 spiro atoms. The van der Waals surface area contributed by atoms with Crippen LogP contribution in [-0.2, 0) is 16.6 Å². The molecule has 0 saturated carbocycles. The van der Waals surface area contributed by atoms with Crippen LogP contribution in [0, 0.1) is 18.3 Å². The first-order valence-corrected chi connectivity index (χ1v) is 13.9. The Bertz CT molecular complexity index is 1250. The van der Waals surface area contributed by atoms with Crippen LogP contribution in [0.15, 0.2) is 67.7 Å². The van der Waals surface area contributed by atoms with Gasteiger partial charge in [0.25, 0.3) is 5.91 Å². The molecule has 2 aromatic heterocycles. The summed E-state index contributed by atoms with van der Waals surface area (Å²) in [5.74, 6) is 0.167. The number of rotatable bonds is 17. The standard InChI is InChI=1S/C32H44N6O2/c1-7-9-14-26(12-8-2)16-17-31(39)36-29-19-30(25(5)34-21-29)37-32(40)23(3)13-10-11-15-27(18-24(4)33)28-20-35-38(6)22-28/h7,11,15,18-22,26,33H,1,3,8-10,12-14,16-17H2,2,4-6H3,(H,36,39)(H,37,40)/b15-11-,27-18+,33-24?. The van der Waals surface area contributed by atoms with Crippen molar-refractivity contribution in [3.05, 3.63) is 78.9 Å². The molecule has 1 atom stereocenters. The van der Waals surface area contributed by atoms with E-state index in [-0.39, 0.29) is 11.8 Å². The van der Waals surface area contributed by atoms with Gasteiger partial charge in [0.1, 0.15) is 0 Å². The first-order chi connectivity index (χ1) is 19.1. The smallest absolute Gasteiger partial charge is 0.251 e. The van der Waals surface area contributed by atoms with Gasteiger partial charge in [-0.3, -0.25) is 19.3 Å². The first kappa shape index (κ1) is 32.1. The fraction of sp³-hybridized carbons (Fsp3) is 0.406. The number of allylic oxidation sites excluding steroid dienone is 5. The number of amides is 2. The Morgan fingerprint density at radius 2 is 1.93 bits per heavy atom. The van der Waals surface area contributed by atoms with Gasteiger partial charge in [0, 0.05) is 36.5 Å². The zero-order valence-corrected chi connectivity index (χ0v) is 24.4. The van der Waals surface area contributed by atoms with Crippen molar-refractivity contribution in [3.63, 3.8) is 0 Å². The third kappa shape index (κ3) is 11.4. The van der Waals surface area contributed by atoms with Crippen molar-refractivity contribution in [1.29, 1.82) is 5.41 Å². The van der Waals surface area contributed by atoms with Gasteiger partial charge in [0.15, 0.2) is 0 Å². The molecule has 1 unspecified atom stereocenters. The van der Waals surface area contributed by atoms with Crippen molar-refractivity contribution in [3.8, 4) is 0 Å². The minimum absolute atomic E-state index is 0.0586. The van der Waals surface area contributed by atoms with Crippen LogP contribution in [0.3, 0.4) is 0 Å². The van der Waals surface area contributed by atoms with Crippen LogP contribution in [-0.4, -0.2) is 32.3 Å². The Morgan fingerprint density at radius 3 is 2.58 bits per heavy atom. The predicted octanol–water partition coefficient (Wildman–Crippen LogP) is 7.18. The summed E-state index contributed by atoms with van der Waals surface area (Å²) in [4.78, 5) is 29.7. The van der Waals surface area contributed by atoms with E-state index in [2.05, 4.69) is 40.8 Å². The van der Waals surface area contributed by atoms with Crippen molar-refractivity contribution in [1.82, 2.24) is 14.8 Å². The van der Waals surface area contributed by atoms with Crippen molar-refractivity contribution in [2.24, 2.45) is 13.0 Å². The Hall–Kier alpha value is -4.07. The molecule has 8 heteroatoms. The van der Waals surface area contributed by atoms with E-state index in [1.54, 1.807) is 43.1 Å². The second-order valence-corrected chi connectivity index (χ2v) is 10.1. The SMILES string of the molecule is C=CCCC(CCC)CCC(=O)Nc1cnc(C)c(NC(=O)C(=C)CC/C=C\C(=C/C(C)=N)c2cnn(C)c2)c1. The molecule has 0 saturated heterocycles. The number of hydrogen-bond acceptors (Lipinski definition) is 5. The van der Waals surface area contributed by atoms with Gasteiger partial charge >= 0.3 is 0 Å². The highest BCUT2D eigenvalue weighted by atomic mass is 16.2. The third-order valence-electron chi connectivity index (χ3n) is 6.52. The summed E-state index contributed by atoms with van der Waals surface area (Å²) >= 11 is 0. The number of aromatic nitrogens is 3. The van der Waals surface area contributed by atoms with Crippen molar-refractivity contribution in [2.75, 3.05) is 10.6 Å². The zero-order chi connectivity index (χ0) is 29.5. The normalized spacial score (nSPS) is 12.2. The minimum Gasteiger partial charge on any atom is -0.325 e. The number of aryl methyl sites for hydroxylation is 2. The second-order valence-electron chi connectivity index (χ2n) is 10.1. The summed E-state index contributed by atoms with van der Waals surface area (Å²) < 4.78 is 1.72. The Balaban J connectivity index is 1.91. The quantitative estimate of drug-likeness (QED) is 0.0847. The van der Waals surface area contributed by atoms with E-state index in [1.165, 1.54) is 0 Å². The number of nitrogens with one attached hydrogen (secondary N) is 3. The highest BCUT2D eigenvalue weighted by Crippen LogP contribution is 2.22. The van der Waals surface area contributed by atoms with Crippen LogP contribution >= 0.6 is 0 Å². The summed E-state index contributed by atoms with van der Waals surface area (Å²) in [6, 6.07) is 1.73. The lowest BCUT2D eigenvalue weighted by atomic mass is 9.93. The third-order valence-corrected chi connectivity index (χ3v) is 6.52. The van der Waals surface area contributed by atoms with E-state index in [1.807, 2.05) is 31.5 Å². The summed E-state index contributed by atoms with van der Waals surface area (Å²) in [6.45, 7) is 13.4. The van der Waals surface area contributed by atoms with Gasteiger partial charge in [0.05, 0.1) is 29.5 Å². The van der Waals surface area contributed by atoms with E-state index in [0.29, 0.717) is 53.5 Å². The van der Waals surface area contributed by atoms with Crippen LogP contribution < -0.4 is 10.6 Å². The lowest BCUT2D eigenvalue weighted by Gasteiger charge is -2.15. The molecule has 2 aromatic rings. The van der Waals surface area contributed by atoms with Gasteiger partial charge in [-0.15, -0.1) is 6.58 Å². The highest BCUT2D eigenvalue weighted by Gasteiger charge is 2.13. The Labute approximate surface area is 238 Å². The van der Waals surface area contributed by atoms with Gasteiger partial charge in [-0.2, -0.15) is 5.10 Å². The molecule has 0 aromatic carbocycles. The number of anilines is 2. The molecule has 0 aliphatic rings. The Kier molecular flexibility index (Phi) is 13.5. The lowest BCUT2D eigenvalue weighted by molar-refractivity contribution is -0.116. The largest absolute Gasteiger partial charge is 0.325 e. The first-order valence-electron chi connectivity index (χ1n) is 13.9. The molecule has 0 bridgehead atoms. The van der Waals surface area contributed by atoms with E-state index in [0.717, 1.165) is 43.2 Å². The van der Waals surface area contributed by atoms with Crippen LogP contribution in [0.4, 0.5) is 11.4 Å². The molecule has 2 heterocycles. The van der Waals surface area contributed by atoms with E-state index in [9.17, 15) is 9.59 Å². The monoisotopic (exact) mass is 544 g/mol. The molecule has 3 N–H and O–H groups in total. The van der Waals surface area contributed by atoms with Gasteiger partial charge in [-0.1, -0.05) is 44.6 Å². The molecule has 2 amide bonds. The van der Waals surface area contributed by atoms with E-state index < -0.39 is 0 Å². The fourth-order valence-electron chi connectivity index (χ4n) is 4.30. The molecule has 0 radical (unpaired) electrons. The molecular formula is C32H44N6O2. The zero-order valence-electron chi connectivity index (χ0n) is 24.4. The van der Waals surface area contributed by atoms with Crippen LogP contribution in [0.5, 0.6) is 0 Å². The summed E-state index contributed by atoms with van der Waals surface area (Å²) in [5, 5.41) is 17.8. The van der Waals surface area contributed by atoms with Crippen molar-refractivity contribution < 1.29 is 9.59 Å². The minimum atomic E-state index is -0.287. The maximum atomic E-state index is 12.8. The van der Waals surface area contributed by atoms with Crippen LogP contribution in [0.2, 0.25) is 0 Å². The second kappa shape index (κ2) is 16.8. The van der Waals surface area contributed by atoms with E-state index >= 15 is 0 Å². The molecule has 2 rings (SSSR count). The fourth-order valence-corrected chi connectivity index (χ4v) is 4.30. The molecule has 0 aliphatic carbocycles. The topological polar surface area (TPSA) is 113 Å². The van der Waals surface area contributed by atoms with Gasteiger partial charge in [-0.25, -0.2) is 0 Å². The predicted molar refractivity (Wildman–Crippen MR) is 165 cm³/mol. The number of hydrogen-bond donors (Lipinski definition) is 3. The number of carbonyl (C=O) groups is 2. The molecule has 0 fully saturated rings. The number of pyridine rings is 1.